The van der Waals surface area contributed by atoms with Crippen LogP contribution in [0, 0.1) is 5.92 Å². The quantitative estimate of drug-likeness (QED) is 0.856. The molecule has 0 N–H and O–H groups in total. The third-order valence-electron chi connectivity index (χ3n) is 3.92. The van der Waals surface area contributed by atoms with Crippen LogP contribution in [0.1, 0.15) is 20.3 Å². The predicted molar refractivity (Wildman–Crippen MR) is 84.2 cm³/mol. The topological polar surface area (TPSA) is 51.1 Å². The van der Waals surface area contributed by atoms with E-state index < -0.39 is 6.10 Å². The minimum atomic E-state index is -0.473. The Bertz CT molecular complexity index is 597. The number of hydrogen-bond acceptors (Lipinski definition) is 4. The lowest BCUT2D eigenvalue weighted by atomic mass is 10.0. The summed E-state index contributed by atoms with van der Waals surface area (Å²) in [6, 6.07) is 7.35. The molecule has 0 radical (unpaired) electrons. The van der Waals surface area contributed by atoms with Gasteiger partial charge in [-0.2, -0.15) is 0 Å². The predicted octanol–water partition coefficient (Wildman–Crippen LogP) is 2.73. The maximum atomic E-state index is 12.3. The number of amides is 1. The highest BCUT2D eigenvalue weighted by Gasteiger charge is 2.39. The summed E-state index contributed by atoms with van der Waals surface area (Å²) in [5, 5.41) is 4.58. The van der Waals surface area contributed by atoms with E-state index in [4.69, 9.17) is 21.2 Å². The van der Waals surface area contributed by atoms with Gasteiger partial charge in [-0.1, -0.05) is 42.7 Å². The minimum absolute atomic E-state index is 0.0154. The van der Waals surface area contributed by atoms with Gasteiger partial charge in [-0.3, -0.25) is 4.79 Å². The fourth-order valence-electron chi connectivity index (χ4n) is 2.49. The average Bonchev–Trinajstić information content (AvgIpc) is 2.93. The van der Waals surface area contributed by atoms with E-state index in [-0.39, 0.29) is 12.0 Å². The Morgan fingerprint density at radius 2 is 2.14 bits per heavy atom. The van der Waals surface area contributed by atoms with Gasteiger partial charge in [0.1, 0.15) is 11.9 Å². The van der Waals surface area contributed by atoms with Gasteiger partial charge >= 0.3 is 0 Å². The van der Waals surface area contributed by atoms with E-state index in [1.165, 1.54) is 0 Å². The van der Waals surface area contributed by atoms with Crippen LogP contribution >= 0.6 is 11.6 Å². The van der Waals surface area contributed by atoms with Gasteiger partial charge in [-0.25, -0.2) is 0 Å². The molecule has 0 aliphatic carbocycles. The summed E-state index contributed by atoms with van der Waals surface area (Å²) in [6.07, 6.45) is 0.0951. The summed E-state index contributed by atoms with van der Waals surface area (Å²) < 4.78 is 5.79. The molecule has 2 aliphatic rings. The van der Waals surface area contributed by atoms with Crippen molar-refractivity contribution in [3.05, 3.63) is 29.3 Å². The van der Waals surface area contributed by atoms with Crippen LogP contribution in [0.4, 0.5) is 0 Å². The van der Waals surface area contributed by atoms with Gasteiger partial charge in [0, 0.05) is 6.42 Å². The summed E-state index contributed by atoms with van der Waals surface area (Å²) in [6.45, 7) is 5.21. The summed E-state index contributed by atoms with van der Waals surface area (Å²) in [4.78, 5) is 19.3. The number of benzene rings is 1. The third-order valence-corrected chi connectivity index (χ3v) is 4.24. The lowest BCUT2D eigenvalue weighted by Crippen LogP contribution is -2.58. The van der Waals surface area contributed by atoms with Gasteiger partial charge in [-0.15, -0.1) is 0 Å². The zero-order valence-corrected chi connectivity index (χ0v) is 13.4. The number of para-hydroxylation sites is 1. The zero-order chi connectivity index (χ0) is 15.7. The largest absolute Gasteiger partial charge is 0.485 e. The first-order valence-electron chi connectivity index (χ1n) is 7.47. The summed E-state index contributed by atoms with van der Waals surface area (Å²) in [7, 11) is 0. The SMILES string of the molecule is CC(C)C1=NOC(C(=O)N2CC(Oc3ccccc3Cl)C2)C1. The summed E-state index contributed by atoms with van der Waals surface area (Å²) in [5.41, 5.74) is 0.947. The maximum Gasteiger partial charge on any atom is 0.267 e. The van der Waals surface area contributed by atoms with E-state index in [0.717, 1.165) is 5.71 Å². The van der Waals surface area contributed by atoms with Crippen LogP contribution in [0.3, 0.4) is 0 Å². The molecule has 118 valence electrons. The van der Waals surface area contributed by atoms with Gasteiger partial charge in [0.25, 0.3) is 5.91 Å². The third kappa shape index (κ3) is 3.04. The zero-order valence-electron chi connectivity index (χ0n) is 12.7. The Morgan fingerprint density at radius 1 is 1.41 bits per heavy atom. The first-order valence-corrected chi connectivity index (χ1v) is 7.85. The van der Waals surface area contributed by atoms with Crippen molar-refractivity contribution in [3.63, 3.8) is 0 Å². The number of rotatable bonds is 4. The van der Waals surface area contributed by atoms with Gasteiger partial charge in [-0.05, 0) is 18.1 Å². The smallest absolute Gasteiger partial charge is 0.267 e. The first-order chi connectivity index (χ1) is 10.5. The molecule has 0 aromatic heterocycles. The molecule has 1 fully saturated rings. The molecular formula is C16H19ClN2O3. The number of ether oxygens (including phenoxy) is 1. The van der Waals surface area contributed by atoms with Crippen molar-refractivity contribution in [2.24, 2.45) is 11.1 Å². The second-order valence-electron chi connectivity index (χ2n) is 5.95. The van der Waals surface area contributed by atoms with Crippen LogP contribution in [-0.4, -0.2) is 41.8 Å². The maximum absolute atomic E-state index is 12.3. The van der Waals surface area contributed by atoms with Gasteiger partial charge in [0.05, 0.1) is 23.8 Å². The number of carbonyl (C=O) groups is 1. The van der Waals surface area contributed by atoms with Crippen molar-refractivity contribution in [2.75, 3.05) is 13.1 Å². The molecule has 1 unspecified atom stereocenters. The monoisotopic (exact) mass is 322 g/mol. The molecule has 0 bridgehead atoms. The normalized spacial score (nSPS) is 21.4. The Labute approximate surface area is 134 Å². The minimum Gasteiger partial charge on any atom is -0.485 e. The molecule has 1 saturated heterocycles. The Morgan fingerprint density at radius 3 is 2.77 bits per heavy atom. The van der Waals surface area contributed by atoms with Crippen molar-refractivity contribution in [3.8, 4) is 5.75 Å². The van der Waals surface area contributed by atoms with E-state index in [0.29, 0.717) is 36.2 Å². The van der Waals surface area contributed by atoms with Crippen LogP contribution in [0.15, 0.2) is 29.4 Å². The molecular weight excluding hydrogens is 304 g/mol. The molecule has 3 rings (SSSR count). The molecule has 1 aromatic carbocycles. The molecule has 6 heteroatoms. The van der Waals surface area contributed by atoms with Crippen molar-refractivity contribution in [1.82, 2.24) is 4.90 Å². The van der Waals surface area contributed by atoms with Crippen molar-refractivity contribution in [2.45, 2.75) is 32.5 Å². The van der Waals surface area contributed by atoms with E-state index in [9.17, 15) is 4.79 Å². The van der Waals surface area contributed by atoms with Crippen LogP contribution < -0.4 is 4.74 Å². The van der Waals surface area contributed by atoms with E-state index in [1.807, 2.05) is 32.0 Å². The average molecular weight is 323 g/mol. The fourth-order valence-corrected chi connectivity index (χ4v) is 2.67. The molecule has 1 aromatic rings. The molecule has 2 aliphatic heterocycles. The molecule has 1 amide bonds. The van der Waals surface area contributed by atoms with Crippen LogP contribution in [0.2, 0.25) is 5.02 Å². The molecule has 1 atom stereocenters. The lowest BCUT2D eigenvalue weighted by Gasteiger charge is -2.39. The van der Waals surface area contributed by atoms with Crippen LogP contribution in [0.5, 0.6) is 5.75 Å². The second kappa shape index (κ2) is 6.16. The summed E-state index contributed by atoms with van der Waals surface area (Å²) in [5.74, 6) is 0.952. The lowest BCUT2D eigenvalue weighted by molar-refractivity contribution is -0.151. The fraction of sp³-hybridized carbons (Fsp3) is 0.500. The van der Waals surface area contributed by atoms with E-state index >= 15 is 0 Å². The standard InChI is InChI=1S/C16H19ClN2O3/c1-10(2)13-7-15(22-18-13)16(20)19-8-11(9-19)21-14-6-4-3-5-12(14)17/h3-6,10-11,15H,7-9H2,1-2H3. The van der Waals surface area contributed by atoms with E-state index in [2.05, 4.69) is 5.16 Å². The number of likely N-dealkylation sites (tertiary alicyclic amines) is 1. The van der Waals surface area contributed by atoms with E-state index in [1.54, 1.807) is 11.0 Å². The van der Waals surface area contributed by atoms with Gasteiger partial charge in [0.15, 0.2) is 0 Å². The Balaban J connectivity index is 1.48. The van der Waals surface area contributed by atoms with Crippen molar-refractivity contribution >= 4 is 23.2 Å². The molecule has 2 heterocycles. The highest BCUT2D eigenvalue weighted by Crippen LogP contribution is 2.27. The second-order valence-corrected chi connectivity index (χ2v) is 6.36. The number of nitrogens with zero attached hydrogens (tertiary/aromatic N) is 2. The van der Waals surface area contributed by atoms with Crippen molar-refractivity contribution < 1.29 is 14.4 Å². The highest BCUT2D eigenvalue weighted by molar-refractivity contribution is 6.32. The number of halogens is 1. The van der Waals surface area contributed by atoms with Gasteiger partial charge < -0.3 is 14.5 Å². The van der Waals surface area contributed by atoms with Crippen molar-refractivity contribution in [1.29, 1.82) is 0 Å². The Hall–Kier alpha value is -1.75. The molecule has 0 spiro atoms. The first kappa shape index (κ1) is 15.2. The number of oxime groups is 1. The highest BCUT2D eigenvalue weighted by atomic mass is 35.5. The van der Waals surface area contributed by atoms with Gasteiger partial charge in [0.2, 0.25) is 6.10 Å². The van der Waals surface area contributed by atoms with Crippen LogP contribution in [0.25, 0.3) is 0 Å². The number of hydrogen-bond donors (Lipinski definition) is 0. The van der Waals surface area contributed by atoms with Crippen LogP contribution in [-0.2, 0) is 9.63 Å². The summed E-state index contributed by atoms with van der Waals surface area (Å²) >= 11 is 6.06. The molecule has 5 nitrogen and oxygen atoms in total. The molecule has 22 heavy (non-hydrogen) atoms. The number of carbonyl (C=O) groups excluding carboxylic acids is 1. The molecule has 0 saturated carbocycles. The Kier molecular flexibility index (Phi) is 4.25.